The zero-order chi connectivity index (χ0) is 11.8. The Labute approximate surface area is 112 Å². The Morgan fingerprint density at radius 2 is 2.28 bits per heavy atom. The molecule has 1 saturated heterocycles. The quantitative estimate of drug-likeness (QED) is 0.836. The standard InChI is InChI=1S/C12H17N3O2.ClH/c13-10-3-1-2-8-6-15(7-9(8)10)12(16)11-4-5-17-14-11;/h4-5,8-10H,1-3,6-7,13H2;1H. The van der Waals surface area contributed by atoms with Gasteiger partial charge in [-0.1, -0.05) is 11.6 Å². The highest BCUT2D eigenvalue weighted by molar-refractivity contribution is 5.92. The van der Waals surface area contributed by atoms with E-state index in [9.17, 15) is 4.79 Å². The molecule has 2 aliphatic rings. The van der Waals surface area contributed by atoms with Crippen LogP contribution in [0.4, 0.5) is 0 Å². The fourth-order valence-corrected chi connectivity index (χ4v) is 3.17. The summed E-state index contributed by atoms with van der Waals surface area (Å²) in [6.07, 6.45) is 4.91. The maximum absolute atomic E-state index is 12.1. The summed E-state index contributed by atoms with van der Waals surface area (Å²) < 4.78 is 4.71. The minimum absolute atomic E-state index is 0. The van der Waals surface area contributed by atoms with Gasteiger partial charge in [0.15, 0.2) is 5.69 Å². The van der Waals surface area contributed by atoms with Gasteiger partial charge in [-0.2, -0.15) is 0 Å². The molecule has 1 aliphatic heterocycles. The van der Waals surface area contributed by atoms with Gasteiger partial charge in [-0.3, -0.25) is 4.79 Å². The number of nitrogens with zero attached hydrogens (tertiary/aromatic N) is 2. The van der Waals surface area contributed by atoms with Crippen LogP contribution in [0.25, 0.3) is 0 Å². The molecule has 1 amide bonds. The van der Waals surface area contributed by atoms with E-state index in [4.69, 9.17) is 10.3 Å². The summed E-state index contributed by atoms with van der Waals surface area (Å²) in [4.78, 5) is 14.0. The molecule has 3 atom stereocenters. The van der Waals surface area contributed by atoms with Gasteiger partial charge in [0.1, 0.15) is 6.26 Å². The van der Waals surface area contributed by atoms with Crippen LogP contribution < -0.4 is 5.73 Å². The summed E-state index contributed by atoms with van der Waals surface area (Å²) >= 11 is 0. The van der Waals surface area contributed by atoms with Crippen LogP contribution in [0, 0.1) is 11.8 Å². The van der Waals surface area contributed by atoms with Crippen LogP contribution in [-0.2, 0) is 0 Å². The van der Waals surface area contributed by atoms with Gasteiger partial charge in [0.25, 0.3) is 5.91 Å². The summed E-state index contributed by atoms with van der Waals surface area (Å²) in [6, 6.07) is 1.87. The number of halogens is 1. The van der Waals surface area contributed by atoms with Crippen molar-refractivity contribution in [3.8, 4) is 0 Å². The van der Waals surface area contributed by atoms with Crippen LogP contribution in [0.2, 0.25) is 0 Å². The van der Waals surface area contributed by atoms with Gasteiger partial charge in [-0.15, -0.1) is 12.4 Å². The Morgan fingerprint density at radius 1 is 1.44 bits per heavy atom. The molecule has 3 rings (SSSR count). The van der Waals surface area contributed by atoms with E-state index in [0.717, 1.165) is 19.5 Å². The number of aromatic nitrogens is 1. The van der Waals surface area contributed by atoms with Crippen LogP contribution in [0.1, 0.15) is 29.8 Å². The molecule has 0 aromatic carbocycles. The van der Waals surface area contributed by atoms with Gasteiger partial charge < -0.3 is 15.2 Å². The molecule has 2 fully saturated rings. The first-order chi connectivity index (χ1) is 8.25. The fourth-order valence-electron chi connectivity index (χ4n) is 3.17. The molecule has 2 N–H and O–H groups in total. The molecule has 6 heteroatoms. The average molecular weight is 272 g/mol. The molecule has 1 saturated carbocycles. The zero-order valence-corrected chi connectivity index (χ0v) is 10.9. The molecular formula is C12H18ClN3O2. The van der Waals surface area contributed by atoms with Crippen molar-refractivity contribution in [1.82, 2.24) is 10.1 Å². The third kappa shape index (κ3) is 2.24. The van der Waals surface area contributed by atoms with Gasteiger partial charge in [0.2, 0.25) is 0 Å². The van der Waals surface area contributed by atoms with Crippen molar-refractivity contribution in [2.24, 2.45) is 17.6 Å². The van der Waals surface area contributed by atoms with E-state index in [1.807, 2.05) is 4.90 Å². The summed E-state index contributed by atoms with van der Waals surface area (Å²) in [7, 11) is 0. The van der Waals surface area contributed by atoms with Gasteiger partial charge in [-0.25, -0.2) is 0 Å². The summed E-state index contributed by atoms with van der Waals surface area (Å²) in [5.41, 5.74) is 6.53. The Kier molecular flexibility index (Phi) is 3.92. The van der Waals surface area contributed by atoms with E-state index < -0.39 is 0 Å². The lowest BCUT2D eigenvalue weighted by atomic mass is 9.78. The Morgan fingerprint density at radius 3 is 2.94 bits per heavy atom. The SMILES string of the molecule is Cl.NC1CCCC2CN(C(=O)c3ccon3)CC12. The van der Waals surface area contributed by atoms with Crippen molar-refractivity contribution in [3.05, 3.63) is 18.0 Å². The first-order valence-corrected chi connectivity index (χ1v) is 6.21. The van der Waals surface area contributed by atoms with E-state index in [1.165, 1.54) is 19.1 Å². The molecule has 5 nitrogen and oxygen atoms in total. The van der Waals surface area contributed by atoms with Crippen LogP contribution in [0.15, 0.2) is 16.9 Å². The monoisotopic (exact) mass is 271 g/mol. The lowest BCUT2D eigenvalue weighted by Gasteiger charge is -2.29. The fraction of sp³-hybridized carbons (Fsp3) is 0.667. The van der Waals surface area contributed by atoms with Gasteiger partial charge in [-0.05, 0) is 24.7 Å². The molecule has 18 heavy (non-hydrogen) atoms. The van der Waals surface area contributed by atoms with Crippen molar-refractivity contribution in [2.75, 3.05) is 13.1 Å². The van der Waals surface area contributed by atoms with Crippen LogP contribution in [0.5, 0.6) is 0 Å². The maximum Gasteiger partial charge on any atom is 0.276 e. The first-order valence-electron chi connectivity index (χ1n) is 6.21. The molecule has 1 aliphatic carbocycles. The number of rotatable bonds is 1. The van der Waals surface area contributed by atoms with E-state index in [-0.39, 0.29) is 24.4 Å². The number of nitrogens with two attached hydrogens (primary N) is 1. The molecular weight excluding hydrogens is 254 g/mol. The zero-order valence-electron chi connectivity index (χ0n) is 10.1. The summed E-state index contributed by atoms with van der Waals surface area (Å²) in [5.74, 6) is 1.02. The van der Waals surface area contributed by atoms with Gasteiger partial charge in [0, 0.05) is 25.2 Å². The van der Waals surface area contributed by atoms with E-state index >= 15 is 0 Å². The van der Waals surface area contributed by atoms with Crippen molar-refractivity contribution < 1.29 is 9.32 Å². The van der Waals surface area contributed by atoms with Crippen LogP contribution in [-0.4, -0.2) is 35.1 Å². The maximum atomic E-state index is 12.1. The number of carbonyl (C=O) groups excluding carboxylic acids is 1. The second kappa shape index (κ2) is 5.28. The number of hydrogen-bond donors (Lipinski definition) is 1. The number of hydrogen-bond acceptors (Lipinski definition) is 4. The van der Waals surface area contributed by atoms with Gasteiger partial charge in [0.05, 0.1) is 0 Å². The lowest BCUT2D eigenvalue weighted by Crippen LogP contribution is -2.38. The average Bonchev–Trinajstić information content (AvgIpc) is 2.98. The second-order valence-electron chi connectivity index (χ2n) is 5.11. The topological polar surface area (TPSA) is 72.4 Å². The first kappa shape index (κ1) is 13.4. The largest absolute Gasteiger partial charge is 0.364 e. The molecule has 1 aromatic rings. The number of amides is 1. The van der Waals surface area contributed by atoms with Crippen LogP contribution >= 0.6 is 12.4 Å². The van der Waals surface area contributed by atoms with E-state index in [0.29, 0.717) is 17.5 Å². The third-order valence-corrected chi connectivity index (χ3v) is 4.10. The molecule has 0 radical (unpaired) electrons. The predicted molar refractivity (Wildman–Crippen MR) is 68.5 cm³/mol. The number of carbonyl (C=O) groups is 1. The molecule has 0 bridgehead atoms. The lowest BCUT2D eigenvalue weighted by molar-refractivity contribution is 0.0773. The van der Waals surface area contributed by atoms with Crippen molar-refractivity contribution in [1.29, 1.82) is 0 Å². The Hall–Kier alpha value is -1.07. The highest BCUT2D eigenvalue weighted by Crippen LogP contribution is 2.35. The minimum atomic E-state index is -0.0275. The number of likely N-dealkylation sites (tertiary alicyclic amines) is 1. The predicted octanol–water partition coefficient (Wildman–Crippen LogP) is 1.30. The van der Waals surface area contributed by atoms with Gasteiger partial charge >= 0.3 is 0 Å². The highest BCUT2D eigenvalue weighted by atomic mass is 35.5. The minimum Gasteiger partial charge on any atom is -0.364 e. The summed E-state index contributed by atoms with van der Waals surface area (Å²) in [6.45, 7) is 1.60. The normalized spacial score (nSPS) is 30.7. The summed E-state index contributed by atoms with van der Waals surface area (Å²) in [5, 5.41) is 3.70. The van der Waals surface area contributed by atoms with Crippen molar-refractivity contribution in [3.63, 3.8) is 0 Å². The van der Waals surface area contributed by atoms with E-state index in [2.05, 4.69) is 5.16 Å². The Bertz CT molecular complexity index is 409. The second-order valence-corrected chi connectivity index (χ2v) is 5.11. The number of fused-ring (bicyclic) bond motifs is 1. The molecule has 100 valence electrons. The van der Waals surface area contributed by atoms with Crippen molar-refractivity contribution >= 4 is 18.3 Å². The molecule has 3 unspecified atom stereocenters. The van der Waals surface area contributed by atoms with Crippen molar-refractivity contribution in [2.45, 2.75) is 25.3 Å². The van der Waals surface area contributed by atoms with E-state index in [1.54, 1.807) is 6.07 Å². The highest BCUT2D eigenvalue weighted by Gasteiger charge is 2.40. The third-order valence-electron chi connectivity index (χ3n) is 4.10. The molecule has 2 heterocycles. The Balaban J connectivity index is 0.00000120. The molecule has 1 aromatic heterocycles. The molecule has 0 spiro atoms. The smallest absolute Gasteiger partial charge is 0.276 e. The van der Waals surface area contributed by atoms with Crippen LogP contribution in [0.3, 0.4) is 0 Å².